The van der Waals surface area contributed by atoms with Crippen LogP contribution in [0.25, 0.3) is 0 Å². The lowest BCUT2D eigenvalue weighted by atomic mass is 10.3. The van der Waals surface area contributed by atoms with Crippen molar-refractivity contribution in [2.45, 2.75) is 32.1 Å². The van der Waals surface area contributed by atoms with Crippen LogP contribution in [0.5, 0.6) is 0 Å². The van der Waals surface area contributed by atoms with E-state index in [1.807, 2.05) is 6.07 Å². The highest BCUT2D eigenvalue weighted by molar-refractivity contribution is 14.1. The van der Waals surface area contributed by atoms with Gasteiger partial charge in [-0.05, 0) is 66.1 Å². The number of benzene rings is 1. The summed E-state index contributed by atoms with van der Waals surface area (Å²) >= 11 is 2.31. The van der Waals surface area contributed by atoms with Crippen LogP contribution in [0.1, 0.15) is 37.9 Å². The molecule has 2 N–H and O–H groups in total. The van der Waals surface area contributed by atoms with Gasteiger partial charge in [-0.2, -0.15) is 0 Å². The molecule has 0 saturated heterocycles. The van der Waals surface area contributed by atoms with Gasteiger partial charge >= 0.3 is 0 Å². The van der Waals surface area contributed by atoms with Crippen LogP contribution in [-0.4, -0.2) is 16.5 Å². The summed E-state index contributed by atoms with van der Waals surface area (Å²) in [5.41, 5.74) is 1.05. The fraction of sp³-hybridized carbons (Fsp3) is 0.375. The fourth-order valence-electron chi connectivity index (χ4n) is 2.08. The standard InChI is InChI=1S/C16H19IN4/c1-2-9-18-14-10-15(21-16(20-14)11-3-4-11)19-13-7-5-12(17)6-8-13/h5-8,10-11H,2-4,9H2,1H3,(H2,18,19,20,21). The lowest BCUT2D eigenvalue weighted by Gasteiger charge is -2.11. The molecule has 0 atom stereocenters. The molecule has 21 heavy (non-hydrogen) atoms. The monoisotopic (exact) mass is 394 g/mol. The molecule has 110 valence electrons. The zero-order chi connectivity index (χ0) is 14.7. The van der Waals surface area contributed by atoms with Crippen molar-refractivity contribution in [3.05, 3.63) is 39.7 Å². The first-order valence-corrected chi connectivity index (χ1v) is 8.48. The van der Waals surface area contributed by atoms with E-state index >= 15 is 0 Å². The molecular formula is C16H19IN4. The zero-order valence-electron chi connectivity index (χ0n) is 12.1. The van der Waals surface area contributed by atoms with Gasteiger partial charge < -0.3 is 10.6 Å². The number of rotatable bonds is 6. The van der Waals surface area contributed by atoms with Crippen molar-refractivity contribution < 1.29 is 0 Å². The van der Waals surface area contributed by atoms with Crippen LogP contribution < -0.4 is 10.6 Å². The van der Waals surface area contributed by atoms with E-state index in [4.69, 9.17) is 0 Å². The van der Waals surface area contributed by atoms with Crippen molar-refractivity contribution >= 4 is 39.9 Å². The van der Waals surface area contributed by atoms with Crippen molar-refractivity contribution in [2.75, 3.05) is 17.2 Å². The van der Waals surface area contributed by atoms with E-state index in [2.05, 4.69) is 74.4 Å². The summed E-state index contributed by atoms with van der Waals surface area (Å²) in [7, 11) is 0. The molecule has 3 rings (SSSR count). The molecule has 0 radical (unpaired) electrons. The number of anilines is 3. The largest absolute Gasteiger partial charge is 0.370 e. The Morgan fingerprint density at radius 2 is 1.86 bits per heavy atom. The minimum absolute atomic E-state index is 0.547. The van der Waals surface area contributed by atoms with Crippen LogP contribution in [0, 0.1) is 3.57 Å². The van der Waals surface area contributed by atoms with Gasteiger partial charge in [-0.1, -0.05) is 6.92 Å². The number of nitrogens with one attached hydrogen (secondary N) is 2. The Morgan fingerprint density at radius 1 is 1.14 bits per heavy atom. The van der Waals surface area contributed by atoms with Gasteiger partial charge in [-0.3, -0.25) is 0 Å². The number of hydrogen-bond acceptors (Lipinski definition) is 4. The van der Waals surface area contributed by atoms with Gasteiger partial charge in [-0.25, -0.2) is 9.97 Å². The third-order valence-corrected chi connectivity index (χ3v) is 4.08. The summed E-state index contributed by atoms with van der Waals surface area (Å²) < 4.78 is 1.23. The average Bonchev–Trinajstić information content (AvgIpc) is 3.32. The summed E-state index contributed by atoms with van der Waals surface area (Å²) in [5, 5.41) is 6.74. The second kappa shape index (κ2) is 6.60. The molecule has 1 aromatic heterocycles. The molecule has 0 bridgehead atoms. The molecule has 1 aromatic carbocycles. The second-order valence-electron chi connectivity index (χ2n) is 5.33. The Hall–Kier alpha value is -1.37. The van der Waals surface area contributed by atoms with E-state index in [1.54, 1.807) is 0 Å². The molecule has 0 aliphatic heterocycles. The summed E-state index contributed by atoms with van der Waals surface area (Å²) in [6.07, 6.45) is 3.50. The molecule has 0 unspecified atom stereocenters. The molecule has 1 aliphatic carbocycles. The van der Waals surface area contributed by atoms with Crippen molar-refractivity contribution in [2.24, 2.45) is 0 Å². The second-order valence-corrected chi connectivity index (χ2v) is 6.58. The first kappa shape index (κ1) is 14.6. The Labute approximate surface area is 138 Å². The third kappa shape index (κ3) is 4.06. The lowest BCUT2D eigenvalue weighted by Crippen LogP contribution is -2.06. The molecule has 0 amide bonds. The van der Waals surface area contributed by atoms with Crippen molar-refractivity contribution in [1.82, 2.24) is 9.97 Å². The highest BCUT2D eigenvalue weighted by Gasteiger charge is 2.27. The van der Waals surface area contributed by atoms with E-state index in [-0.39, 0.29) is 0 Å². The molecule has 5 heteroatoms. The minimum atomic E-state index is 0.547. The van der Waals surface area contributed by atoms with Gasteiger partial charge in [0.05, 0.1) is 0 Å². The molecule has 1 saturated carbocycles. The Balaban J connectivity index is 1.82. The Bertz CT molecular complexity index is 608. The average molecular weight is 394 g/mol. The maximum atomic E-state index is 4.66. The third-order valence-electron chi connectivity index (χ3n) is 3.36. The number of halogens is 1. The van der Waals surface area contributed by atoms with Crippen molar-refractivity contribution in [1.29, 1.82) is 0 Å². The van der Waals surface area contributed by atoms with Gasteiger partial charge in [0.15, 0.2) is 0 Å². The summed E-state index contributed by atoms with van der Waals surface area (Å²) in [4.78, 5) is 9.28. The SMILES string of the molecule is CCCNc1cc(Nc2ccc(I)cc2)nc(C2CC2)n1. The van der Waals surface area contributed by atoms with Crippen LogP contribution in [0.3, 0.4) is 0 Å². The van der Waals surface area contributed by atoms with Crippen LogP contribution in [0.4, 0.5) is 17.3 Å². The van der Waals surface area contributed by atoms with Gasteiger partial charge in [0.1, 0.15) is 17.5 Å². The summed E-state index contributed by atoms with van der Waals surface area (Å²) in [6, 6.07) is 10.3. The summed E-state index contributed by atoms with van der Waals surface area (Å²) in [5.74, 6) is 3.29. The highest BCUT2D eigenvalue weighted by atomic mass is 127. The Morgan fingerprint density at radius 3 is 2.52 bits per heavy atom. The smallest absolute Gasteiger partial charge is 0.136 e. The van der Waals surface area contributed by atoms with Crippen LogP contribution >= 0.6 is 22.6 Å². The maximum Gasteiger partial charge on any atom is 0.136 e. The maximum absolute atomic E-state index is 4.66. The molecule has 1 heterocycles. The molecule has 1 fully saturated rings. The molecular weight excluding hydrogens is 375 g/mol. The van der Waals surface area contributed by atoms with Crippen LogP contribution in [0.15, 0.2) is 30.3 Å². The van der Waals surface area contributed by atoms with Crippen molar-refractivity contribution in [3.8, 4) is 0 Å². The van der Waals surface area contributed by atoms with E-state index in [0.717, 1.165) is 36.1 Å². The van der Waals surface area contributed by atoms with Crippen LogP contribution in [0.2, 0.25) is 0 Å². The normalized spacial score (nSPS) is 14.0. The van der Waals surface area contributed by atoms with Gasteiger partial charge in [0, 0.05) is 27.8 Å². The summed E-state index contributed by atoms with van der Waals surface area (Å²) in [6.45, 7) is 3.09. The fourth-order valence-corrected chi connectivity index (χ4v) is 2.44. The highest BCUT2D eigenvalue weighted by Crippen LogP contribution is 2.39. The number of hydrogen-bond donors (Lipinski definition) is 2. The molecule has 2 aromatic rings. The van der Waals surface area contributed by atoms with Gasteiger partial charge in [0.2, 0.25) is 0 Å². The van der Waals surface area contributed by atoms with E-state index in [9.17, 15) is 0 Å². The first-order chi connectivity index (χ1) is 10.2. The van der Waals surface area contributed by atoms with Gasteiger partial charge in [0.25, 0.3) is 0 Å². The predicted octanol–water partition coefficient (Wildman–Crippen LogP) is 4.52. The predicted molar refractivity (Wildman–Crippen MR) is 95.2 cm³/mol. The topological polar surface area (TPSA) is 49.8 Å². The van der Waals surface area contributed by atoms with E-state index in [1.165, 1.54) is 16.4 Å². The Kier molecular flexibility index (Phi) is 4.57. The molecule has 0 spiro atoms. The van der Waals surface area contributed by atoms with Gasteiger partial charge in [-0.15, -0.1) is 0 Å². The molecule has 1 aliphatic rings. The lowest BCUT2D eigenvalue weighted by molar-refractivity contribution is 0.911. The number of nitrogens with zero attached hydrogens (tertiary/aromatic N) is 2. The van der Waals surface area contributed by atoms with E-state index < -0.39 is 0 Å². The van der Waals surface area contributed by atoms with E-state index in [0.29, 0.717) is 5.92 Å². The van der Waals surface area contributed by atoms with Crippen LogP contribution in [-0.2, 0) is 0 Å². The first-order valence-electron chi connectivity index (χ1n) is 7.40. The quantitative estimate of drug-likeness (QED) is 0.708. The zero-order valence-corrected chi connectivity index (χ0v) is 14.2. The molecule has 4 nitrogen and oxygen atoms in total. The van der Waals surface area contributed by atoms with Crippen molar-refractivity contribution in [3.63, 3.8) is 0 Å². The minimum Gasteiger partial charge on any atom is -0.370 e. The number of aromatic nitrogens is 2.